The molecule has 2 aliphatic rings. The molecule has 1 aromatic heterocycles. The van der Waals surface area contributed by atoms with E-state index < -0.39 is 11.6 Å². The molecule has 3 aromatic rings. The molecule has 2 atom stereocenters. The van der Waals surface area contributed by atoms with Crippen LogP contribution in [0.15, 0.2) is 42.5 Å². The highest BCUT2D eigenvalue weighted by Gasteiger charge is 2.30. The van der Waals surface area contributed by atoms with Crippen LogP contribution in [0.1, 0.15) is 60.9 Å². The van der Waals surface area contributed by atoms with Gasteiger partial charge in [0.25, 0.3) is 0 Å². The first-order chi connectivity index (χ1) is 18.7. The van der Waals surface area contributed by atoms with Gasteiger partial charge in [-0.1, -0.05) is 31.2 Å². The maximum atomic E-state index is 12.5. The van der Waals surface area contributed by atoms with Gasteiger partial charge in [0.1, 0.15) is 17.9 Å². The summed E-state index contributed by atoms with van der Waals surface area (Å²) < 4.78 is 25.0. The normalized spacial score (nSPS) is 21.3. The van der Waals surface area contributed by atoms with Crippen molar-refractivity contribution in [2.45, 2.75) is 52.4 Å². The van der Waals surface area contributed by atoms with Crippen molar-refractivity contribution in [1.29, 1.82) is 0 Å². The van der Waals surface area contributed by atoms with Gasteiger partial charge in [-0.3, -0.25) is 4.79 Å². The summed E-state index contributed by atoms with van der Waals surface area (Å²) in [5, 5.41) is 1.46. The van der Waals surface area contributed by atoms with E-state index in [2.05, 4.69) is 60.8 Å². The van der Waals surface area contributed by atoms with Crippen LogP contribution in [0.5, 0.6) is 0 Å². The fourth-order valence-corrected chi connectivity index (χ4v) is 6.39. The highest BCUT2D eigenvalue weighted by Crippen LogP contribution is 2.39. The van der Waals surface area contributed by atoms with Crippen molar-refractivity contribution >= 4 is 23.3 Å². The van der Waals surface area contributed by atoms with Crippen molar-refractivity contribution < 1.29 is 13.6 Å². The lowest BCUT2D eigenvalue weighted by molar-refractivity contribution is -0.104. The second kappa shape index (κ2) is 13.5. The van der Waals surface area contributed by atoms with Gasteiger partial charge in [0.05, 0.1) is 0 Å². The molecule has 2 aromatic carbocycles. The molecule has 5 rings (SSSR count). The third kappa shape index (κ3) is 7.64. The Kier molecular flexibility index (Phi) is 10.1. The molecule has 0 spiro atoms. The Morgan fingerprint density at radius 3 is 2.41 bits per heavy atom. The number of allylic oxidation sites excluding steroid dienone is 1. The monoisotopic (exact) mass is 535 g/mol. The zero-order valence-electron chi connectivity index (χ0n) is 23.9. The molecule has 0 radical (unpaired) electrons. The molecule has 6 heteroatoms. The lowest BCUT2D eigenvalue weighted by Crippen LogP contribution is -2.40. The number of likely N-dealkylation sites (tertiary alicyclic amines) is 2. The lowest BCUT2D eigenvalue weighted by atomic mass is 9.80. The van der Waals surface area contributed by atoms with Gasteiger partial charge in [-0.25, -0.2) is 8.78 Å². The smallest absolute Gasteiger partial charge is 0.142 e. The van der Waals surface area contributed by atoms with Crippen molar-refractivity contribution in [3.63, 3.8) is 0 Å². The number of halogens is 2. The molecule has 210 valence electrons. The maximum absolute atomic E-state index is 12.5. The number of aromatic amines is 1. The summed E-state index contributed by atoms with van der Waals surface area (Å²) >= 11 is 0. The number of rotatable bonds is 6. The topological polar surface area (TPSA) is 39.3 Å². The quantitative estimate of drug-likeness (QED) is 0.270. The molecular weight excluding hydrogens is 492 g/mol. The maximum Gasteiger partial charge on any atom is 0.142 e. The van der Waals surface area contributed by atoms with Crippen molar-refractivity contribution in [3.8, 4) is 0 Å². The summed E-state index contributed by atoms with van der Waals surface area (Å²) in [6.45, 7) is 13.4. The third-order valence-corrected chi connectivity index (χ3v) is 8.58. The molecule has 2 fully saturated rings. The molecule has 4 nitrogen and oxygen atoms in total. The molecule has 1 N–H and O–H groups in total. The number of piperidine rings is 2. The van der Waals surface area contributed by atoms with E-state index in [9.17, 15) is 13.6 Å². The Labute approximate surface area is 232 Å². The van der Waals surface area contributed by atoms with Gasteiger partial charge in [0.15, 0.2) is 0 Å². The number of carbonyl (C=O) groups excluding carboxylic acids is 1. The Hall–Kier alpha value is -2.83. The molecular formula is C33H43F2N3O. The van der Waals surface area contributed by atoms with E-state index in [1.54, 1.807) is 5.56 Å². The fourth-order valence-electron chi connectivity index (χ4n) is 6.39. The molecule has 39 heavy (non-hydrogen) atoms. The van der Waals surface area contributed by atoms with Crippen LogP contribution in [0.4, 0.5) is 8.78 Å². The van der Waals surface area contributed by atoms with Crippen LogP contribution in [-0.2, 0) is 4.79 Å². The molecule has 2 aliphatic heterocycles. The first-order valence-corrected chi connectivity index (χ1v) is 14.3. The zero-order valence-corrected chi connectivity index (χ0v) is 23.9. The highest BCUT2D eigenvalue weighted by molar-refractivity contribution is 5.87. The summed E-state index contributed by atoms with van der Waals surface area (Å²) in [4.78, 5) is 18.8. The van der Waals surface area contributed by atoms with Gasteiger partial charge in [-0.15, -0.1) is 0 Å². The summed E-state index contributed by atoms with van der Waals surface area (Å²) in [5.41, 5.74) is 6.03. The standard InChI is InChI=1S/C24H37N3.C9H6F2O/c1-17-6-5-7-22-23(19(3)25-24(17)22)21-11-15-27(16-18(21)2)14-10-20-8-12-26(4)13-9-20;10-8-4-7(2-1-3-12)5-9(11)6-8/h5-7,18,20-21,25H,8-16H2,1-4H3;1-6H/b;2-1+/t18?,21-;/m1./s1. The minimum atomic E-state index is -0.652. The third-order valence-electron chi connectivity index (χ3n) is 8.58. The van der Waals surface area contributed by atoms with Crippen LogP contribution < -0.4 is 0 Å². The number of H-pyrrole nitrogens is 1. The minimum Gasteiger partial charge on any atom is -0.358 e. The molecule has 0 amide bonds. The number of hydrogen-bond acceptors (Lipinski definition) is 3. The fraction of sp³-hybridized carbons (Fsp3) is 0.485. The average Bonchev–Trinajstić information content (AvgIpc) is 3.24. The van der Waals surface area contributed by atoms with Gasteiger partial charge in [-0.05, 0) is 125 Å². The molecule has 0 aliphatic carbocycles. The molecule has 0 bridgehead atoms. The van der Waals surface area contributed by atoms with E-state index in [0.717, 1.165) is 30.0 Å². The van der Waals surface area contributed by atoms with Crippen LogP contribution >= 0.6 is 0 Å². The number of nitrogens with zero attached hydrogens (tertiary/aromatic N) is 2. The number of fused-ring (bicyclic) bond motifs is 1. The molecule has 1 unspecified atom stereocenters. The van der Waals surface area contributed by atoms with Crippen molar-refractivity contribution in [1.82, 2.24) is 14.8 Å². The van der Waals surface area contributed by atoms with E-state index in [1.165, 1.54) is 92.7 Å². The van der Waals surface area contributed by atoms with Crippen molar-refractivity contribution in [3.05, 3.63) is 76.5 Å². The second-order valence-corrected chi connectivity index (χ2v) is 11.6. The van der Waals surface area contributed by atoms with Crippen LogP contribution in [0.2, 0.25) is 0 Å². The first kappa shape index (κ1) is 29.2. The Morgan fingerprint density at radius 1 is 1.03 bits per heavy atom. The number of aromatic nitrogens is 1. The van der Waals surface area contributed by atoms with Gasteiger partial charge in [-0.2, -0.15) is 0 Å². The van der Waals surface area contributed by atoms with Crippen LogP contribution in [-0.4, -0.2) is 60.8 Å². The lowest BCUT2D eigenvalue weighted by Gasteiger charge is -2.38. The first-order valence-electron chi connectivity index (χ1n) is 14.3. The van der Waals surface area contributed by atoms with Crippen molar-refractivity contribution in [2.24, 2.45) is 11.8 Å². The Bertz CT molecular complexity index is 1260. The number of aryl methyl sites for hydroxylation is 2. The molecule has 0 saturated carbocycles. The Morgan fingerprint density at radius 2 is 1.74 bits per heavy atom. The molecule has 2 saturated heterocycles. The Balaban J connectivity index is 0.000000247. The van der Waals surface area contributed by atoms with E-state index >= 15 is 0 Å². The SMILES string of the molecule is Cc1[nH]c2c(C)cccc2c1[C@@H]1CCN(CCC2CCN(C)CC2)CC1C.O=C/C=C/c1cc(F)cc(F)c1. The van der Waals surface area contributed by atoms with E-state index in [1.807, 2.05) is 0 Å². The number of benzene rings is 2. The highest BCUT2D eigenvalue weighted by atomic mass is 19.1. The van der Waals surface area contributed by atoms with Crippen LogP contribution in [0.25, 0.3) is 17.0 Å². The van der Waals surface area contributed by atoms with Crippen LogP contribution in [0, 0.1) is 37.3 Å². The van der Waals surface area contributed by atoms with E-state index in [4.69, 9.17) is 0 Å². The summed E-state index contributed by atoms with van der Waals surface area (Å²) in [6.07, 6.45) is 8.55. The van der Waals surface area contributed by atoms with Gasteiger partial charge < -0.3 is 14.8 Å². The number of carbonyl (C=O) groups is 1. The number of aldehydes is 1. The van der Waals surface area contributed by atoms with Crippen molar-refractivity contribution in [2.75, 3.05) is 39.8 Å². The number of hydrogen-bond donors (Lipinski definition) is 1. The summed E-state index contributed by atoms with van der Waals surface area (Å²) in [5.74, 6) is 1.07. The number of nitrogens with one attached hydrogen (secondary N) is 1. The minimum absolute atomic E-state index is 0.333. The van der Waals surface area contributed by atoms with Gasteiger partial charge >= 0.3 is 0 Å². The summed E-state index contributed by atoms with van der Waals surface area (Å²) in [7, 11) is 2.26. The second-order valence-electron chi connectivity index (χ2n) is 11.6. The average molecular weight is 536 g/mol. The van der Waals surface area contributed by atoms with E-state index in [-0.39, 0.29) is 0 Å². The van der Waals surface area contributed by atoms with Gasteiger partial charge in [0, 0.05) is 29.2 Å². The molecule has 3 heterocycles. The largest absolute Gasteiger partial charge is 0.358 e. The summed E-state index contributed by atoms with van der Waals surface area (Å²) in [6, 6.07) is 9.82. The predicted molar refractivity (Wildman–Crippen MR) is 157 cm³/mol. The van der Waals surface area contributed by atoms with Crippen LogP contribution in [0.3, 0.4) is 0 Å². The van der Waals surface area contributed by atoms with E-state index in [0.29, 0.717) is 17.8 Å². The van der Waals surface area contributed by atoms with Gasteiger partial charge in [0.2, 0.25) is 0 Å². The predicted octanol–water partition coefficient (Wildman–Crippen LogP) is 7.12. The zero-order chi connectivity index (χ0) is 27.9. The number of para-hydroxylation sites is 1.